The van der Waals surface area contributed by atoms with Gasteiger partial charge in [0, 0.05) is 22.8 Å². The van der Waals surface area contributed by atoms with E-state index in [-0.39, 0.29) is 5.78 Å². The Hall–Kier alpha value is -2.55. The van der Waals surface area contributed by atoms with Gasteiger partial charge in [0.25, 0.3) is 0 Å². The number of rotatable bonds is 2. The van der Waals surface area contributed by atoms with Crippen molar-refractivity contribution < 1.29 is 4.79 Å². The maximum Gasteiger partial charge on any atom is 0.211 e. The van der Waals surface area contributed by atoms with Crippen molar-refractivity contribution >= 4 is 16.7 Å². The second-order valence-electron chi connectivity index (χ2n) is 5.37. The number of aromatic nitrogens is 2. The van der Waals surface area contributed by atoms with Gasteiger partial charge in [0.2, 0.25) is 5.78 Å². The molecule has 0 fully saturated rings. The Morgan fingerprint density at radius 2 is 1.81 bits per heavy atom. The Balaban J connectivity index is 2.07. The highest BCUT2D eigenvalue weighted by molar-refractivity contribution is 6.10. The molecule has 21 heavy (non-hydrogen) atoms. The van der Waals surface area contributed by atoms with Crippen molar-refractivity contribution in [1.29, 1.82) is 0 Å². The number of pyridine rings is 2. The number of aryl methyl sites for hydroxylation is 3. The summed E-state index contributed by atoms with van der Waals surface area (Å²) in [7, 11) is 0. The number of hydrogen-bond donors (Lipinski definition) is 0. The topological polar surface area (TPSA) is 42.9 Å². The maximum atomic E-state index is 12.6. The highest BCUT2D eigenvalue weighted by Gasteiger charge is 2.14. The van der Waals surface area contributed by atoms with Crippen LogP contribution in [0.4, 0.5) is 0 Å². The molecule has 3 rings (SSSR count). The molecular weight excluding hydrogens is 260 g/mol. The Morgan fingerprint density at radius 1 is 1.00 bits per heavy atom. The molecule has 0 aliphatic rings. The van der Waals surface area contributed by atoms with Crippen molar-refractivity contribution in [2.24, 2.45) is 0 Å². The lowest BCUT2D eigenvalue weighted by Crippen LogP contribution is -2.07. The van der Waals surface area contributed by atoms with Crippen LogP contribution in [0.1, 0.15) is 32.9 Å². The van der Waals surface area contributed by atoms with Crippen LogP contribution in [0.5, 0.6) is 0 Å². The summed E-state index contributed by atoms with van der Waals surface area (Å²) in [4.78, 5) is 21.3. The number of carbonyl (C=O) groups is 1. The molecule has 0 amide bonds. The van der Waals surface area contributed by atoms with Crippen LogP contribution in [0.2, 0.25) is 0 Å². The summed E-state index contributed by atoms with van der Waals surface area (Å²) < 4.78 is 0. The summed E-state index contributed by atoms with van der Waals surface area (Å²) in [5.41, 5.74) is 5.00. The Bertz CT molecular complexity index is 853. The molecule has 0 N–H and O–H groups in total. The van der Waals surface area contributed by atoms with Gasteiger partial charge in [0.15, 0.2) is 0 Å². The fourth-order valence-corrected chi connectivity index (χ4v) is 2.46. The van der Waals surface area contributed by atoms with Gasteiger partial charge >= 0.3 is 0 Å². The summed E-state index contributed by atoms with van der Waals surface area (Å²) in [6, 6.07) is 11.5. The van der Waals surface area contributed by atoms with Crippen molar-refractivity contribution in [1.82, 2.24) is 9.97 Å². The number of carbonyl (C=O) groups excluding carboxylic acids is 1. The molecular formula is C18H16N2O. The highest BCUT2D eigenvalue weighted by atomic mass is 16.1. The van der Waals surface area contributed by atoms with E-state index in [9.17, 15) is 4.79 Å². The molecule has 0 aliphatic carbocycles. The fraction of sp³-hybridized carbons (Fsp3) is 0.167. The lowest BCUT2D eigenvalue weighted by Gasteiger charge is -2.06. The van der Waals surface area contributed by atoms with Gasteiger partial charge in [-0.3, -0.25) is 14.8 Å². The Labute approximate surface area is 123 Å². The maximum absolute atomic E-state index is 12.6. The van der Waals surface area contributed by atoms with Crippen molar-refractivity contribution in [3.63, 3.8) is 0 Å². The van der Waals surface area contributed by atoms with Crippen molar-refractivity contribution in [2.45, 2.75) is 20.8 Å². The lowest BCUT2D eigenvalue weighted by atomic mass is 10.0. The largest absolute Gasteiger partial charge is 0.287 e. The molecule has 3 heteroatoms. The Morgan fingerprint density at radius 3 is 2.57 bits per heavy atom. The quantitative estimate of drug-likeness (QED) is 0.669. The smallest absolute Gasteiger partial charge is 0.211 e. The van der Waals surface area contributed by atoms with Gasteiger partial charge < -0.3 is 0 Å². The lowest BCUT2D eigenvalue weighted by molar-refractivity contribution is 0.103. The first-order valence-electron chi connectivity index (χ1n) is 6.90. The molecule has 0 saturated carbocycles. The van der Waals surface area contributed by atoms with Crippen LogP contribution in [0.15, 0.2) is 42.6 Å². The van der Waals surface area contributed by atoms with Crippen LogP contribution in [-0.2, 0) is 0 Å². The molecule has 0 aliphatic heterocycles. The zero-order valence-corrected chi connectivity index (χ0v) is 12.3. The van der Waals surface area contributed by atoms with Crippen molar-refractivity contribution in [3.8, 4) is 0 Å². The summed E-state index contributed by atoms with van der Waals surface area (Å²) in [6.07, 6.45) is 1.73. The van der Waals surface area contributed by atoms with Gasteiger partial charge in [-0.15, -0.1) is 0 Å². The van der Waals surface area contributed by atoms with Crippen LogP contribution < -0.4 is 0 Å². The molecule has 104 valence electrons. The molecule has 0 radical (unpaired) electrons. The summed E-state index contributed by atoms with van der Waals surface area (Å²) in [5, 5.41) is 0.969. The third kappa shape index (κ3) is 2.55. The molecule has 0 bridgehead atoms. The van der Waals surface area contributed by atoms with E-state index in [1.807, 2.05) is 57.2 Å². The van der Waals surface area contributed by atoms with Crippen LogP contribution in [0.25, 0.3) is 10.9 Å². The summed E-state index contributed by atoms with van der Waals surface area (Å²) in [5.74, 6) is -0.0463. The summed E-state index contributed by atoms with van der Waals surface area (Å²) >= 11 is 0. The normalized spacial score (nSPS) is 10.8. The zero-order chi connectivity index (χ0) is 15.0. The molecule has 0 atom stereocenters. The van der Waals surface area contributed by atoms with E-state index in [2.05, 4.69) is 9.97 Å². The molecule has 0 spiro atoms. The third-order valence-electron chi connectivity index (χ3n) is 3.52. The first-order valence-corrected chi connectivity index (χ1v) is 6.90. The number of fused-ring (bicyclic) bond motifs is 1. The van der Waals surface area contributed by atoms with Crippen LogP contribution in [0.3, 0.4) is 0 Å². The zero-order valence-electron chi connectivity index (χ0n) is 12.3. The van der Waals surface area contributed by atoms with Crippen molar-refractivity contribution in [2.75, 3.05) is 0 Å². The summed E-state index contributed by atoms with van der Waals surface area (Å²) in [6.45, 7) is 5.84. The van der Waals surface area contributed by atoms with E-state index in [0.717, 1.165) is 27.7 Å². The molecule has 3 nitrogen and oxygen atoms in total. The molecule has 0 saturated heterocycles. The highest BCUT2D eigenvalue weighted by Crippen LogP contribution is 2.18. The molecule has 2 aromatic heterocycles. The second kappa shape index (κ2) is 5.09. The fourth-order valence-electron chi connectivity index (χ4n) is 2.46. The van der Waals surface area contributed by atoms with E-state index in [1.165, 1.54) is 0 Å². The number of nitrogens with zero attached hydrogens (tertiary/aromatic N) is 2. The van der Waals surface area contributed by atoms with E-state index in [0.29, 0.717) is 11.3 Å². The van der Waals surface area contributed by atoms with Gasteiger partial charge in [-0.25, -0.2) is 0 Å². The molecule has 0 unspecified atom stereocenters. The number of ketones is 1. The monoisotopic (exact) mass is 276 g/mol. The van der Waals surface area contributed by atoms with E-state index < -0.39 is 0 Å². The number of benzene rings is 1. The predicted molar refractivity (Wildman–Crippen MR) is 83.6 cm³/mol. The minimum Gasteiger partial charge on any atom is -0.287 e. The first-order chi connectivity index (χ1) is 10.0. The van der Waals surface area contributed by atoms with Gasteiger partial charge in [0.1, 0.15) is 5.69 Å². The minimum absolute atomic E-state index is 0.0463. The standard InChI is InChI=1S/C18H16N2O/c1-11-8-12(2)17(19-10-11)18(21)15-6-7-16-14(9-15)5-4-13(3)20-16/h4-10H,1-3H3. The molecule has 2 heterocycles. The SMILES string of the molecule is Cc1cnc(C(=O)c2ccc3nc(C)ccc3c2)c(C)c1. The van der Waals surface area contributed by atoms with Crippen LogP contribution in [0, 0.1) is 20.8 Å². The first kappa shape index (κ1) is 13.4. The van der Waals surface area contributed by atoms with E-state index in [4.69, 9.17) is 0 Å². The van der Waals surface area contributed by atoms with Crippen molar-refractivity contribution in [3.05, 3.63) is 70.7 Å². The Kier molecular flexibility index (Phi) is 3.26. The van der Waals surface area contributed by atoms with E-state index >= 15 is 0 Å². The van der Waals surface area contributed by atoms with Gasteiger partial charge in [-0.1, -0.05) is 12.1 Å². The average Bonchev–Trinajstić information content (AvgIpc) is 2.46. The number of hydrogen-bond acceptors (Lipinski definition) is 3. The van der Waals surface area contributed by atoms with E-state index in [1.54, 1.807) is 6.20 Å². The third-order valence-corrected chi connectivity index (χ3v) is 3.52. The predicted octanol–water partition coefficient (Wildman–Crippen LogP) is 3.79. The van der Waals surface area contributed by atoms with Gasteiger partial charge in [0.05, 0.1) is 5.52 Å². The molecule has 1 aromatic carbocycles. The minimum atomic E-state index is -0.0463. The van der Waals surface area contributed by atoms with Gasteiger partial charge in [-0.05, 0) is 56.2 Å². The van der Waals surface area contributed by atoms with Crippen LogP contribution >= 0.6 is 0 Å². The molecule has 3 aromatic rings. The second-order valence-corrected chi connectivity index (χ2v) is 5.37. The average molecular weight is 276 g/mol. The van der Waals surface area contributed by atoms with Crippen LogP contribution in [-0.4, -0.2) is 15.8 Å². The van der Waals surface area contributed by atoms with Gasteiger partial charge in [-0.2, -0.15) is 0 Å².